The number of aliphatic hydroxyl groups is 2. The molecule has 0 unspecified atom stereocenters. The summed E-state index contributed by atoms with van der Waals surface area (Å²) in [5.41, 5.74) is 1.69. The quantitative estimate of drug-likeness (QED) is 0.341. The molecule has 2 amide bonds. The summed E-state index contributed by atoms with van der Waals surface area (Å²) < 4.78 is 0. The van der Waals surface area contributed by atoms with Gasteiger partial charge < -0.3 is 20.8 Å². The first-order valence-electron chi connectivity index (χ1n) is 13.3. The predicted octanol–water partition coefficient (Wildman–Crippen LogP) is 3.19. The van der Waals surface area contributed by atoms with Crippen molar-refractivity contribution in [1.29, 1.82) is 0 Å². The highest BCUT2D eigenvalue weighted by atomic mass is 16.3. The lowest BCUT2D eigenvalue weighted by molar-refractivity contribution is -0.136. The van der Waals surface area contributed by atoms with Gasteiger partial charge in [0.15, 0.2) is 0 Å². The van der Waals surface area contributed by atoms with Crippen LogP contribution in [0.15, 0.2) is 24.3 Å². The lowest BCUT2D eigenvalue weighted by Gasteiger charge is -2.34. The van der Waals surface area contributed by atoms with Gasteiger partial charge in [0.05, 0.1) is 18.1 Å². The molecule has 1 aliphatic heterocycles. The van der Waals surface area contributed by atoms with Gasteiger partial charge in [-0.3, -0.25) is 14.5 Å². The van der Waals surface area contributed by atoms with Crippen LogP contribution >= 0.6 is 0 Å². The molecule has 7 nitrogen and oxygen atoms in total. The summed E-state index contributed by atoms with van der Waals surface area (Å²) in [5, 5.41) is 28.0. The van der Waals surface area contributed by atoms with E-state index in [1.54, 1.807) is 0 Å². The van der Waals surface area contributed by atoms with Gasteiger partial charge >= 0.3 is 0 Å². The van der Waals surface area contributed by atoms with E-state index in [1.807, 2.05) is 65.8 Å². The summed E-state index contributed by atoms with van der Waals surface area (Å²) in [7, 11) is 0. The van der Waals surface area contributed by atoms with Gasteiger partial charge in [-0.1, -0.05) is 53.7 Å². The second kappa shape index (κ2) is 14.0. The molecule has 0 saturated carbocycles. The number of nitrogens with zero attached hydrogens (tertiary/aromatic N) is 1. The summed E-state index contributed by atoms with van der Waals surface area (Å²) in [5.74, 6) is -1.06. The Labute approximate surface area is 211 Å². The van der Waals surface area contributed by atoms with E-state index >= 15 is 0 Å². The minimum absolute atomic E-state index is 0.176. The Morgan fingerprint density at radius 1 is 0.914 bits per heavy atom. The molecule has 2 rings (SSSR count). The van der Waals surface area contributed by atoms with Crippen LogP contribution in [0, 0.1) is 23.7 Å². The normalized spacial score (nSPS) is 18.0. The van der Waals surface area contributed by atoms with Crippen LogP contribution in [-0.2, 0) is 11.3 Å². The van der Waals surface area contributed by atoms with Gasteiger partial charge in [-0.2, -0.15) is 0 Å². The highest BCUT2D eigenvalue weighted by Crippen LogP contribution is 2.23. The predicted molar refractivity (Wildman–Crippen MR) is 140 cm³/mol. The van der Waals surface area contributed by atoms with Crippen molar-refractivity contribution >= 4 is 11.8 Å². The van der Waals surface area contributed by atoms with Crippen LogP contribution in [0.25, 0.3) is 0 Å². The van der Waals surface area contributed by atoms with Crippen molar-refractivity contribution in [2.24, 2.45) is 23.7 Å². The second-order valence-corrected chi connectivity index (χ2v) is 11.3. The van der Waals surface area contributed by atoms with Gasteiger partial charge in [0.2, 0.25) is 5.91 Å². The van der Waals surface area contributed by atoms with Crippen molar-refractivity contribution in [2.75, 3.05) is 19.6 Å². The van der Waals surface area contributed by atoms with Crippen molar-refractivity contribution < 1.29 is 19.8 Å². The minimum atomic E-state index is -1.30. The fourth-order valence-electron chi connectivity index (χ4n) is 4.73. The van der Waals surface area contributed by atoms with E-state index < -0.39 is 24.2 Å². The Morgan fingerprint density at radius 3 is 2.03 bits per heavy atom. The molecule has 4 atom stereocenters. The Morgan fingerprint density at radius 2 is 1.51 bits per heavy atom. The largest absolute Gasteiger partial charge is 0.390 e. The number of aliphatic hydroxyl groups excluding tert-OH is 2. The smallest absolute Gasteiger partial charge is 0.251 e. The van der Waals surface area contributed by atoms with Crippen LogP contribution in [0.5, 0.6) is 0 Å². The number of likely N-dealkylation sites (tertiary alicyclic amines) is 1. The molecular weight excluding hydrogens is 442 g/mol. The molecular formula is C28H47N3O4. The third-order valence-corrected chi connectivity index (χ3v) is 6.70. The lowest BCUT2D eigenvalue weighted by Crippen LogP contribution is -2.54. The van der Waals surface area contributed by atoms with Gasteiger partial charge in [0, 0.05) is 18.7 Å². The van der Waals surface area contributed by atoms with Crippen LogP contribution < -0.4 is 10.6 Å². The summed E-state index contributed by atoms with van der Waals surface area (Å²) in [6, 6.07) is 6.90. The van der Waals surface area contributed by atoms with E-state index in [4.69, 9.17) is 0 Å². The van der Waals surface area contributed by atoms with Crippen LogP contribution in [0.3, 0.4) is 0 Å². The minimum Gasteiger partial charge on any atom is -0.390 e. The first-order valence-corrected chi connectivity index (χ1v) is 13.3. The highest BCUT2D eigenvalue weighted by Gasteiger charge is 2.38. The Bertz CT molecular complexity index is 788. The number of benzene rings is 1. The Balaban J connectivity index is 2.09. The topological polar surface area (TPSA) is 102 Å². The molecule has 35 heavy (non-hydrogen) atoms. The van der Waals surface area contributed by atoms with Gasteiger partial charge in [-0.15, -0.1) is 0 Å². The van der Waals surface area contributed by atoms with E-state index in [0.29, 0.717) is 18.5 Å². The van der Waals surface area contributed by atoms with Crippen LogP contribution in [0.2, 0.25) is 0 Å². The zero-order valence-electron chi connectivity index (χ0n) is 22.5. The fraction of sp³-hybridized carbons (Fsp3) is 0.714. The average molecular weight is 490 g/mol. The molecule has 7 heteroatoms. The number of amides is 2. The average Bonchev–Trinajstić information content (AvgIpc) is 3.29. The molecule has 0 spiro atoms. The monoisotopic (exact) mass is 489 g/mol. The first-order chi connectivity index (χ1) is 16.5. The molecule has 1 aromatic rings. The molecule has 1 saturated heterocycles. The van der Waals surface area contributed by atoms with Gasteiger partial charge in [-0.25, -0.2) is 0 Å². The maximum Gasteiger partial charge on any atom is 0.251 e. The zero-order chi connectivity index (χ0) is 26.1. The lowest BCUT2D eigenvalue weighted by atomic mass is 9.83. The van der Waals surface area contributed by atoms with Crippen molar-refractivity contribution in [3.8, 4) is 0 Å². The summed E-state index contributed by atoms with van der Waals surface area (Å²) in [6.07, 6.45) is 0.392. The maximum atomic E-state index is 13.0. The molecule has 198 valence electrons. The van der Waals surface area contributed by atoms with Crippen molar-refractivity contribution in [1.82, 2.24) is 15.5 Å². The maximum absolute atomic E-state index is 13.0. The number of nitrogens with one attached hydrogen (secondary N) is 2. The molecule has 0 radical (unpaired) electrons. The van der Waals surface area contributed by atoms with E-state index in [9.17, 15) is 19.8 Å². The molecule has 1 aromatic carbocycles. The van der Waals surface area contributed by atoms with E-state index in [1.165, 1.54) is 18.4 Å². The number of hydrogen-bond acceptors (Lipinski definition) is 5. The van der Waals surface area contributed by atoms with Crippen LogP contribution in [0.4, 0.5) is 0 Å². The number of hydrogen-bond donors (Lipinski definition) is 4. The van der Waals surface area contributed by atoms with Gasteiger partial charge in [0.25, 0.3) is 5.91 Å². The number of rotatable bonds is 13. The standard InChI is InChI=1S/C28H47N3O4/c1-18(2)15-23(25(32)26(33)24(20(5)6)28(35)29-16-19(3)4)30-27(34)22-11-9-21(10-12-22)17-31-13-7-8-14-31/h9-12,18-20,23-26,32-33H,7-8,13-17H2,1-6H3,(H,29,35)(H,30,34)/t23-,24+,25+,26+/m0/s1. The molecule has 0 bridgehead atoms. The Kier molecular flexibility index (Phi) is 11.7. The van der Waals surface area contributed by atoms with E-state index in [-0.39, 0.29) is 29.6 Å². The summed E-state index contributed by atoms with van der Waals surface area (Å²) in [6.45, 7) is 15.3. The van der Waals surface area contributed by atoms with E-state index in [2.05, 4.69) is 15.5 Å². The molecule has 0 aromatic heterocycles. The fourth-order valence-corrected chi connectivity index (χ4v) is 4.73. The molecule has 4 N–H and O–H groups in total. The third-order valence-electron chi connectivity index (χ3n) is 6.70. The van der Waals surface area contributed by atoms with Gasteiger partial charge in [-0.05, 0) is 67.8 Å². The van der Waals surface area contributed by atoms with Crippen LogP contribution in [-0.4, -0.2) is 64.8 Å². The highest BCUT2D eigenvalue weighted by molar-refractivity contribution is 5.94. The number of carbonyl (C=O) groups is 2. The molecule has 1 aliphatic rings. The van der Waals surface area contributed by atoms with Crippen molar-refractivity contribution in [3.05, 3.63) is 35.4 Å². The molecule has 1 fully saturated rings. The van der Waals surface area contributed by atoms with Crippen LogP contribution in [0.1, 0.15) is 76.7 Å². The van der Waals surface area contributed by atoms with Gasteiger partial charge in [0.1, 0.15) is 6.10 Å². The number of carbonyl (C=O) groups excluding carboxylic acids is 2. The first kappa shape index (κ1) is 29.3. The summed E-state index contributed by atoms with van der Waals surface area (Å²) >= 11 is 0. The SMILES string of the molecule is CC(C)CNC(=O)[C@H](C(C)C)[C@@H](O)[C@H](O)[C@H](CC(C)C)NC(=O)c1ccc(CN2CCCC2)cc1. The van der Waals surface area contributed by atoms with Crippen molar-refractivity contribution in [2.45, 2.75) is 85.6 Å². The van der Waals surface area contributed by atoms with E-state index in [0.717, 1.165) is 19.6 Å². The zero-order valence-corrected chi connectivity index (χ0v) is 22.5. The third kappa shape index (κ3) is 9.21. The summed E-state index contributed by atoms with van der Waals surface area (Å²) in [4.78, 5) is 28.3. The van der Waals surface area contributed by atoms with Crippen molar-refractivity contribution in [3.63, 3.8) is 0 Å². The molecule has 0 aliphatic carbocycles. The second-order valence-electron chi connectivity index (χ2n) is 11.3. The Hall–Kier alpha value is -1.96. The molecule has 1 heterocycles.